The standard InChI is InChI=1S/C13H12F3N3/c1-17-12(10-6-18-8-19-7-10)9-3-2-4-11(5-9)13(14,15)16/h2-8,12,17H,1H3. The molecule has 3 nitrogen and oxygen atoms in total. The number of nitrogens with one attached hydrogen (secondary N) is 1. The molecule has 1 N–H and O–H groups in total. The van der Waals surface area contributed by atoms with Crippen LogP contribution in [-0.4, -0.2) is 17.0 Å². The number of benzene rings is 1. The first-order valence-corrected chi connectivity index (χ1v) is 5.61. The normalized spacial score (nSPS) is 13.3. The van der Waals surface area contributed by atoms with Gasteiger partial charge in [-0.2, -0.15) is 13.2 Å². The molecule has 100 valence electrons. The smallest absolute Gasteiger partial charge is 0.309 e. The first kappa shape index (κ1) is 13.5. The van der Waals surface area contributed by atoms with Gasteiger partial charge >= 0.3 is 6.18 Å². The van der Waals surface area contributed by atoms with Gasteiger partial charge in [0.15, 0.2) is 0 Å². The lowest BCUT2D eigenvalue weighted by Gasteiger charge is -2.17. The predicted molar refractivity (Wildman–Crippen MR) is 64.4 cm³/mol. The third-order valence-electron chi connectivity index (χ3n) is 2.75. The van der Waals surface area contributed by atoms with E-state index < -0.39 is 11.7 Å². The summed E-state index contributed by atoms with van der Waals surface area (Å²) in [6.45, 7) is 0. The third kappa shape index (κ3) is 3.08. The number of nitrogens with zero attached hydrogens (tertiary/aromatic N) is 2. The summed E-state index contributed by atoms with van der Waals surface area (Å²) in [6, 6.07) is 4.85. The second kappa shape index (κ2) is 5.36. The molecule has 0 fully saturated rings. The number of aromatic nitrogens is 2. The van der Waals surface area contributed by atoms with Gasteiger partial charge in [-0.05, 0) is 24.7 Å². The van der Waals surface area contributed by atoms with Crippen molar-refractivity contribution in [2.24, 2.45) is 0 Å². The molecule has 1 aromatic heterocycles. The fourth-order valence-electron chi connectivity index (χ4n) is 1.88. The van der Waals surface area contributed by atoms with Crippen LogP contribution in [0.25, 0.3) is 0 Å². The molecule has 0 spiro atoms. The molecule has 0 aliphatic carbocycles. The summed E-state index contributed by atoms with van der Waals surface area (Å²) in [7, 11) is 1.68. The Morgan fingerprint density at radius 1 is 1.11 bits per heavy atom. The maximum Gasteiger partial charge on any atom is 0.416 e. The molecule has 0 saturated heterocycles. The van der Waals surface area contributed by atoms with Crippen LogP contribution in [0, 0.1) is 0 Å². The molecule has 1 unspecified atom stereocenters. The van der Waals surface area contributed by atoms with Gasteiger partial charge in [-0.3, -0.25) is 0 Å². The van der Waals surface area contributed by atoms with E-state index >= 15 is 0 Å². The highest BCUT2D eigenvalue weighted by molar-refractivity contribution is 5.33. The molecule has 1 aromatic carbocycles. The van der Waals surface area contributed by atoms with Crippen molar-refractivity contribution in [2.45, 2.75) is 12.2 Å². The molecule has 0 radical (unpaired) electrons. The fraction of sp³-hybridized carbons (Fsp3) is 0.231. The quantitative estimate of drug-likeness (QED) is 0.929. The number of rotatable bonds is 3. The predicted octanol–water partition coefficient (Wildman–Crippen LogP) is 2.80. The van der Waals surface area contributed by atoms with Crippen molar-refractivity contribution in [1.82, 2.24) is 15.3 Å². The largest absolute Gasteiger partial charge is 0.416 e. The molecule has 0 amide bonds. The monoisotopic (exact) mass is 267 g/mol. The summed E-state index contributed by atoms with van der Waals surface area (Å²) in [6.07, 6.45) is 0.187. The van der Waals surface area contributed by atoms with Crippen molar-refractivity contribution >= 4 is 0 Å². The molecule has 1 atom stereocenters. The lowest BCUT2D eigenvalue weighted by molar-refractivity contribution is -0.137. The van der Waals surface area contributed by atoms with Gasteiger partial charge in [0.05, 0.1) is 11.6 Å². The van der Waals surface area contributed by atoms with Gasteiger partial charge in [0.2, 0.25) is 0 Å². The first-order valence-electron chi connectivity index (χ1n) is 5.61. The van der Waals surface area contributed by atoms with Crippen molar-refractivity contribution in [3.8, 4) is 0 Å². The minimum absolute atomic E-state index is 0.372. The Hall–Kier alpha value is -1.95. The van der Waals surface area contributed by atoms with Crippen molar-refractivity contribution in [1.29, 1.82) is 0 Å². The Labute approximate surface area is 108 Å². The summed E-state index contributed by atoms with van der Waals surface area (Å²) < 4.78 is 38.1. The molecule has 0 aliphatic rings. The van der Waals surface area contributed by atoms with Gasteiger partial charge in [-0.15, -0.1) is 0 Å². The van der Waals surface area contributed by atoms with Crippen LogP contribution < -0.4 is 5.32 Å². The van der Waals surface area contributed by atoms with E-state index in [0.29, 0.717) is 11.1 Å². The summed E-state index contributed by atoms with van der Waals surface area (Å²) in [5.41, 5.74) is 0.568. The Morgan fingerprint density at radius 3 is 2.37 bits per heavy atom. The van der Waals surface area contributed by atoms with E-state index in [0.717, 1.165) is 12.1 Å². The average Bonchev–Trinajstić information content (AvgIpc) is 2.40. The van der Waals surface area contributed by atoms with Crippen LogP contribution in [0.4, 0.5) is 13.2 Å². The number of hydrogen-bond donors (Lipinski definition) is 1. The molecule has 1 heterocycles. The molecule has 2 aromatic rings. The Kier molecular flexibility index (Phi) is 3.80. The Morgan fingerprint density at radius 2 is 1.79 bits per heavy atom. The van der Waals surface area contributed by atoms with Crippen molar-refractivity contribution in [2.75, 3.05) is 7.05 Å². The zero-order valence-corrected chi connectivity index (χ0v) is 10.1. The van der Waals surface area contributed by atoms with Crippen LogP contribution in [-0.2, 0) is 6.18 Å². The van der Waals surface area contributed by atoms with Crippen LogP contribution in [0.15, 0.2) is 43.0 Å². The average molecular weight is 267 g/mol. The van der Waals surface area contributed by atoms with E-state index in [2.05, 4.69) is 15.3 Å². The topological polar surface area (TPSA) is 37.8 Å². The number of hydrogen-bond acceptors (Lipinski definition) is 3. The highest BCUT2D eigenvalue weighted by Gasteiger charge is 2.31. The van der Waals surface area contributed by atoms with Gasteiger partial charge < -0.3 is 5.32 Å². The second-order valence-corrected chi connectivity index (χ2v) is 4.02. The lowest BCUT2D eigenvalue weighted by Crippen LogP contribution is -2.19. The van der Waals surface area contributed by atoms with Gasteiger partial charge in [-0.25, -0.2) is 9.97 Å². The molecule has 19 heavy (non-hydrogen) atoms. The zero-order chi connectivity index (χ0) is 13.9. The zero-order valence-electron chi connectivity index (χ0n) is 10.1. The molecule has 0 saturated carbocycles. The molecular formula is C13H12F3N3. The Balaban J connectivity index is 2.40. The van der Waals surface area contributed by atoms with E-state index in [1.165, 1.54) is 12.4 Å². The van der Waals surface area contributed by atoms with Crippen molar-refractivity contribution in [3.63, 3.8) is 0 Å². The van der Waals surface area contributed by atoms with Gasteiger partial charge in [0.1, 0.15) is 6.33 Å². The summed E-state index contributed by atoms with van der Waals surface area (Å²) in [4.78, 5) is 7.75. The van der Waals surface area contributed by atoms with Crippen LogP contribution in [0.5, 0.6) is 0 Å². The van der Waals surface area contributed by atoms with E-state index in [-0.39, 0.29) is 6.04 Å². The van der Waals surface area contributed by atoms with Crippen LogP contribution in [0.1, 0.15) is 22.7 Å². The van der Waals surface area contributed by atoms with E-state index in [9.17, 15) is 13.2 Å². The second-order valence-electron chi connectivity index (χ2n) is 4.02. The van der Waals surface area contributed by atoms with Crippen molar-refractivity contribution in [3.05, 3.63) is 59.7 Å². The van der Waals surface area contributed by atoms with Gasteiger partial charge in [-0.1, -0.05) is 12.1 Å². The van der Waals surface area contributed by atoms with Crippen LogP contribution in [0.2, 0.25) is 0 Å². The van der Waals surface area contributed by atoms with E-state index in [1.807, 2.05) is 0 Å². The van der Waals surface area contributed by atoms with Crippen LogP contribution in [0.3, 0.4) is 0 Å². The molecule has 2 rings (SSSR count). The van der Waals surface area contributed by atoms with E-state index in [4.69, 9.17) is 0 Å². The molecule has 0 aliphatic heterocycles. The highest BCUT2D eigenvalue weighted by atomic mass is 19.4. The van der Waals surface area contributed by atoms with Crippen LogP contribution >= 0.6 is 0 Å². The van der Waals surface area contributed by atoms with Gasteiger partial charge in [0, 0.05) is 18.0 Å². The minimum Gasteiger partial charge on any atom is -0.309 e. The number of halogens is 3. The van der Waals surface area contributed by atoms with E-state index in [1.54, 1.807) is 25.5 Å². The third-order valence-corrected chi connectivity index (χ3v) is 2.75. The summed E-state index contributed by atoms with van der Waals surface area (Å²) >= 11 is 0. The first-order chi connectivity index (χ1) is 9.02. The minimum atomic E-state index is -4.35. The Bertz CT molecular complexity index is 540. The molecule has 6 heteroatoms. The van der Waals surface area contributed by atoms with Gasteiger partial charge in [0.25, 0.3) is 0 Å². The maximum absolute atomic E-state index is 12.7. The molecular weight excluding hydrogens is 255 g/mol. The number of alkyl halides is 3. The SMILES string of the molecule is CNC(c1cncnc1)c1cccc(C(F)(F)F)c1. The summed E-state index contributed by atoms with van der Waals surface area (Å²) in [5.74, 6) is 0. The maximum atomic E-state index is 12.7. The highest BCUT2D eigenvalue weighted by Crippen LogP contribution is 2.31. The fourth-order valence-corrected chi connectivity index (χ4v) is 1.88. The summed E-state index contributed by atoms with van der Waals surface area (Å²) in [5, 5.41) is 2.97. The van der Waals surface area contributed by atoms with Crippen molar-refractivity contribution < 1.29 is 13.2 Å². The molecule has 0 bridgehead atoms. The lowest BCUT2D eigenvalue weighted by atomic mass is 9.99.